The first kappa shape index (κ1) is 18.3. The largest absolute Gasteiger partial charge is 0.347 e. The highest BCUT2D eigenvalue weighted by molar-refractivity contribution is 7.18. The van der Waals surface area contributed by atoms with Crippen molar-refractivity contribution in [2.24, 2.45) is 0 Å². The molecule has 0 radical (unpaired) electrons. The van der Waals surface area contributed by atoms with Crippen LogP contribution in [0.3, 0.4) is 0 Å². The highest BCUT2D eigenvalue weighted by Crippen LogP contribution is 2.23. The fourth-order valence-corrected chi connectivity index (χ4v) is 5.05. The molecule has 29 heavy (non-hydrogen) atoms. The Kier molecular flexibility index (Phi) is 5.04. The first-order valence-electron chi connectivity index (χ1n) is 10.1. The van der Waals surface area contributed by atoms with E-state index in [0.29, 0.717) is 6.42 Å². The van der Waals surface area contributed by atoms with Crippen molar-refractivity contribution in [3.8, 4) is 0 Å². The summed E-state index contributed by atoms with van der Waals surface area (Å²) >= 11 is 1.77. The Bertz CT molecular complexity index is 1110. The summed E-state index contributed by atoms with van der Waals surface area (Å²) in [5.41, 5.74) is 2.28. The third-order valence-electron chi connectivity index (χ3n) is 5.67. The molecule has 5 rings (SSSR count). The fourth-order valence-electron chi connectivity index (χ4n) is 4.04. The molecule has 1 saturated heterocycles. The van der Waals surface area contributed by atoms with Crippen molar-refractivity contribution < 1.29 is 4.79 Å². The van der Waals surface area contributed by atoms with Gasteiger partial charge in [0, 0.05) is 50.9 Å². The van der Waals surface area contributed by atoms with Crippen LogP contribution in [-0.2, 0) is 17.9 Å². The van der Waals surface area contributed by atoms with Gasteiger partial charge in [0.1, 0.15) is 5.01 Å². The van der Waals surface area contributed by atoms with Crippen molar-refractivity contribution in [1.82, 2.24) is 19.4 Å². The minimum Gasteiger partial charge on any atom is -0.347 e. The second-order valence-electron chi connectivity index (χ2n) is 7.55. The van der Waals surface area contributed by atoms with Gasteiger partial charge in [-0.25, -0.2) is 4.98 Å². The van der Waals surface area contributed by atoms with Crippen LogP contribution in [0.4, 0.5) is 0 Å². The van der Waals surface area contributed by atoms with Crippen molar-refractivity contribution in [2.75, 3.05) is 26.2 Å². The molecule has 0 atom stereocenters. The highest BCUT2D eigenvalue weighted by Gasteiger charge is 2.21. The van der Waals surface area contributed by atoms with Crippen LogP contribution in [0.1, 0.15) is 11.4 Å². The predicted molar refractivity (Wildman–Crippen MR) is 118 cm³/mol. The monoisotopic (exact) mass is 404 g/mol. The Balaban J connectivity index is 1.13. The van der Waals surface area contributed by atoms with Crippen LogP contribution in [0.2, 0.25) is 0 Å². The molecule has 4 aromatic rings. The number of rotatable bonds is 5. The van der Waals surface area contributed by atoms with Crippen LogP contribution in [0.25, 0.3) is 21.1 Å². The SMILES string of the molecule is O=C(CCn1ccc2ccccc21)N1CCN(Cc2nc3ccccc3s2)CC1. The summed E-state index contributed by atoms with van der Waals surface area (Å²) < 4.78 is 3.42. The zero-order chi connectivity index (χ0) is 19.6. The first-order valence-corrected chi connectivity index (χ1v) is 11.0. The molecule has 148 valence electrons. The lowest BCUT2D eigenvalue weighted by molar-refractivity contribution is -0.133. The fraction of sp³-hybridized carbons (Fsp3) is 0.304. The van der Waals surface area contributed by atoms with Crippen LogP contribution in [0.5, 0.6) is 0 Å². The number of thiazole rings is 1. The van der Waals surface area contributed by atoms with Crippen LogP contribution in [-0.4, -0.2) is 51.4 Å². The molecule has 1 amide bonds. The minimum absolute atomic E-state index is 0.252. The Morgan fingerprint density at radius 1 is 0.966 bits per heavy atom. The number of carbonyl (C=O) groups is 1. The number of para-hydroxylation sites is 2. The summed E-state index contributed by atoms with van der Waals surface area (Å²) in [6.07, 6.45) is 2.63. The van der Waals surface area contributed by atoms with Crippen molar-refractivity contribution in [1.29, 1.82) is 0 Å². The average Bonchev–Trinajstić information content (AvgIpc) is 3.36. The molecule has 1 aliphatic rings. The second kappa shape index (κ2) is 7.97. The van der Waals surface area contributed by atoms with Crippen LogP contribution >= 0.6 is 11.3 Å². The maximum absolute atomic E-state index is 12.7. The minimum atomic E-state index is 0.252. The molecule has 2 aromatic carbocycles. The third-order valence-corrected chi connectivity index (χ3v) is 6.69. The summed E-state index contributed by atoms with van der Waals surface area (Å²) in [5, 5.41) is 2.38. The summed E-state index contributed by atoms with van der Waals surface area (Å²) in [6, 6.07) is 18.7. The number of aromatic nitrogens is 2. The van der Waals surface area contributed by atoms with Gasteiger partial charge in [-0.3, -0.25) is 9.69 Å². The number of fused-ring (bicyclic) bond motifs is 2. The summed E-state index contributed by atoms with van der Waals surface area (Å²) in [7, 11) is 0. The smallest absolute Gasteiger partial charge is 0.224 e. The van der Waals surface area contributed by atoms with E-state index in [1.165, 1.54) is 15.6 Å². The number of piperazine rings is 1. The molecule has 0 N–H and O–H groups in total. The number of hydrogen-bond acceptors (Lipinski definition) is 4. The Labute approximate surface area is 174 Å². The van der Waals surface area contributed by atoms with Crippen molar-refractivity contribution in [3.63, 3.8) is 0 Å². The van der Waals surface area contributed by atoms with Gasteiger partial charge in [0.25, 0.3) is 0 Å². The molecule has 2 aromatic heterocycles. The maximum Gasteiger partial charge on any atom is 0.224 e. The van der Waals surface area contributed by atoms with Gasteiger partial charge in [0.2, 0.25) is 5.91 Å². The summed E-state index contributed by atoms with van der Waals surface area (Å²) in [4.78, 5) is 21.9. The van der Waals surface area contributed by atoms with Crippen LogP contribution in [0.15, 0.2) is 60.8 Å². The normalized spacial score (nSPS) is 15.4. The molecule has 3 heterocycles. The molecule has 1 fully saturated rings. The van der Waals surface area contributed by atoms with Gasteiger partial charge in [-0.1, -0.05) is 30.3 Å². The highest BCUT2D eigenvalue weighted by atomic mass is 32.1. The molecule has 1 aliphatic heterocycles. The Morgan fingerprint density at radius 2 is 1.76 bits per heavy atom. The maximum atomic E-state index is 12.7. The zero-order valence-electron chi connectivity index (χ0n) is 16.3. The lowest BCUT2D eigenvalue weighted by Gasteiger charge is -2.34. The number of amides is 1. The number of nitrogens with zero attached hydrogens (tertiary/aromatic N) is 4. The van der Waals surface area contributed by atoms with Gasteiger partial charge in [0.05, 0.1) is 16.8 Å². The third kappa shape index (κ3) is 3.91. The van der Waals surface area contributed by atoms with Crippen LogP contribution in [0, 0.1) is 0 Å². The first-order chi connectivity index (χ1) is 14.3. The van der Waals surface area contributed by atoms with E-state index >= 15 is 0 Å². The van der Waals surface area contributed by atoms with Crippen molar-refractivity contribution in [2.45, 2.75) is 19.5 Å². The quantitative estimate of drug-likeness (QED) is 0.505. The molecular weight excluding hydrogens is 380 g/mol. The van der Waals surface area contributed by atoms with E-state index in [9.17, 15) is 4.79 Å². The number of benzene rings is 2. The summed E-state index contributed by atoms with van der Waals surface area (Å²) in [6.45, 7) is 5.03. The number of aryl methyl sites for hydroxylation is 1. The van der Waals surface area contributed by atoms with Gasteiger partial charge < -0.3 is 9.47 Å². The predicted octanol–water partition coefficient (Wildman–Crippen LogP) is 3.99. The van der Waals surface area contributed by atoms with Crippen molar-refractivity contribution >= 4 is 38.4 Å². The van der Waals surface area contributed by atoms with Gasteiger partial charge in [-0.15, -0.1) is 11.3 Å². The molecule has 0 spiro atoms. The van der Waals surface area contributed by atoms with Gasteiger partial charge in [-0.2, -0.15) is 0 Å². The van der Waals surface area contributed by atoms with E-state index in [0.717, 1.165) is 49.8 Å². The number of hydrogen-bond donors (Lipinski definition) is 0. The lowest BCUT2D eigenvalue weighted by Crippen LogP contribution is -2.48. The van der Waals surface area contributed by atoms with E-state index in [-0.39, 0.29) is 5.91 Å². The molecule has 0 bridgehead atoms. The zero-order valence-corrected chi connectivity index (χ0v) is 17.1. The Hall–Kier alpha value is -2.70. The molecule has 0 aliphatic carbocycles. The summed E-state index contributed by atoms with van der Waals surface area (Å²) in [5.74, 6) is 0.252. The van der Waals surface area contributed by atoms with E-state index in [4.69, 9.17) is 4.98 Å². The molecular formula is C23H24N4OS. The van der Waals surface area contributed by atoms with Crippen molar-refractivity contribution in [3.05, 3.63) is 65.8 Å². The van der Waals surface area contributed by atoms with Gasteiger partial charge in [-0.05, 0) is 29.7 Å². The molecule has 6 heteroatoms. The molecule has 0 saturated carbocycles. The molecule has 0 unspecified atom stereocenters. The van der Waals surface area contributed by atoms with E-state index in [1.54, 1.807) is 11.3 Å². The lowest BCUT2D eigenvalue weighted by atomic mass is 10.2. The Morgan fingerprint density at radius 3 is 2.62 bits per heavy atom. The standard InChI is InChI=1S/C23H24N4OS/c28-23(10-12-26-11-9-18-5-1-3-7-20(18)26)27-15-13-25(14-16-27)17-22-24-19-6-2-4-8-21(19)29-22/h1-9,11H,10,12-17H2. The van der Waals surface area contributed by atoms with E-state index in [2.05, 4.69) is 52.1 Å². The molecule has 5 nitrogen and oxygen atoms in total. The van der Waals surface area contributed by atoms with Gasteiger partial charge >= 0.3 is 0 Å². The van der Waals surface area contributed by atoms with Gasteiger partial charge in [0.15, 0.2) is 0 Å². The second-order valence-corrected chi connectivity index (χ2v) is 8.67. The van der Waals surface area contributed by atoms with Crippen LogP contribution < -0.4 is 0 Å². The topological polar surface area (TPSA) is 41.4 Å². The average molecular weight is 405 g/mol. The number of carbonyl (C=O) groups excluding carboxylic acids is 1. The van der Waals surface area contributed by atoms with E-state index in [1.807, 2.05) is 23.1 Å². The van der Waals surface area contributed by atoms with E-state index < -0.39 is 0 Å².